The molecule has 4 nitrogen and oxygen atoms in total. The molecular formula is C14H18N2O2S. The highest BCUT2D eigenvalue weighted by molar-refractivity contribution is 7.98. The van der Waals surface area contributed by atoms with Crippen molar-refractivity contribution in [2.75, 3.05) is 14.2 Å². The van der Waals surface area contributed by atoms with E-state index in [9.17, 15) is 0 Å². The van der Waals surface area contributed by atoms with Crippen LogP contribution in [0.4, 0.5) is 0 Å². The summed E-state index contributed by atoms with van der Waals surface area (Å²) in [5.41, 5.74) is 2.11. The van der Waals surface area contributed by atoms with E-state index in [4.69, 9.17) is 9.47 Å². The van der Waals surface area contributed by atoms with E-state index < -0.39 is 0 Å². The molecular weight excluding hydrogens is 260 g/mol. The lowest BCUT2D eigenvalue weighted by Crippen LogP contribution is -2.02. The lowest BCUT2D eigenvalue weighted by Gasteiger charge is -2.13. The zero-order chi connectivity index (χ0) is 13.7. The van der Waals surface area contributed by atoms with Gasteiger partial charge in [0.1, 0.15) is 0 Å². The van der Waals surface area contributed by atoms with Gasteiger partial charge in [-0.15, -0.1) is 11.8 Å². The highest BCUT2D eigenvalue weighted by Gasteiger charge is 2.08. The zero-order valence-electron chi connectivity index (χ0n) is 11.4. The fourth-order valence-electron chi connectivity index (χ4n) is 1.79. The van der Waals surface area contributed by atoms with Gasteiger partial charge in [0.05, 0.1) is 5.69 Å². The van der Waals surface area contributed by atoms with Crippen molar-refractivity contribution in [3.63, 3.8) is 0 Å². The van der Waals surface area contributed by atoms with Crippen molar-refractivity contribution in [3.05, 3.63) is 47.8 Å². The first kappa shape index (κ1) is 14.1. The Kier molecular flexibility index (Phi) is 5.01. The van der Waals surface area contributed by atoms with Gasteiger partial charge in [-0.05, 0) is 18.2 Å². The van der Waals surface area contributed by atoms with Gasteiger partial charge in [-0.1, -0.05) is 12.1 Å². The number of aryl methyl sites for hydroxylation is 1. The molecule has 19 heavy (non-hydrogen) atoms. The Morgan fingerprint density at radius 1 is 1.16 bits per heavy atom. The van der Waals surface area contributed by atoms with E-state index in [1.165, 1.54) is 4.90 Å². The molecule has 1 aromatic carbocycles. The van der Waals surface area contributed by atoms with E-state index in [2.05, 4.69) is 17.2 Å². The van der Waals surface area contributed by atoms with Gasteiger partial charge in [-0.25, -0.2) is 0 Å². The number of nitrogens with zero attached hydrogens (tertiary/aromatic N) is 2. The molecule has 0 aliphatic rings. The minimum absolute atomic E-state index is 0.296. The minimum atomic E-state index is -0.296. The predicted molar refractivity (Wildman–Crippen MR) is 76.0 cm³/mol. The van der Waals surface area contributed by atoms with Gasteiger partial charge in [0.2, 0.25) is 0 Å². The van der Waals surface area contributed by atoms with E-state index in [1.54, 1.807) is 26.0 Å². The topological polar surface area (TPSA) is 36.3 Å². The van der Waals surface area contributed by atoms with Crippen LogP contribution in [0.25, 0.3) is 0 Å². The first-order valence-corrected chi connectivity index (χ1v) is 6.98. The molecule has 0 saturated heterocycles. The quantitative estimate of drug-likeness (QED) is 0.601. The highest BCUT2D eigenvalue weighted by atomic mass is 32.2. The molecule has 1 aromatic heterocycles. The van der Waals surface area contributed by atoms with E-state index >= 15 is 0 Å². The molecule has 2 rings (SSSR count). The molecule has 0 bridgehead atoms. The van der Waals surface area contributed by atoms with Gasteiger partial charge in [0.15, 0.2) is 6.29 Å². The van der Waals surface area contributed by atoms with Crippen LogP contribution in [-0.2, 0) is 22.3 Å². The number of rotatable bonds is 6. The molecule has 5 heteroatoms. The molecule has 0 fully saturated rings. The standard InChI is InChI=1S/C14H18N2O2S/c1-16-9-8-12(15-16)10-19-13-6-4-11(5-7-13)14(17-2)18-3/h4-9,14H,10H2,1-3H3. The third kappa shape index (κ3) is 3.83. The van der Waals surface area contributed by atoms with E-state index in [-0.39, 0.29) is 6.29 Å². The van der Waals surface area contributed by atoms with Gasteiger partial charge >= 0.3 is 0 Å². The molecule has 1 heterocycles. The zero-order valence-corrected chi connectivity index (χ0v) is 12.2. The van der Waals surface area contributed by atoms with Gasteiger partial charge in [-0.2, -0.15) is 5.10 Å². The number of ether oxygens (including phenoxy) is 2. The Hall–Kier alpha value is -1.30. The maximum absolute atomic E-state index is 5.22. The summed E-state index contributed by atoms with van der Waals surface area (Å²) in [5.74, 6) is 0.873. The van der Waals surface area contributed by atoms with E-state index in [0.717, 1.165) is 17.0 Å². The second kappa shape index (κ2) is 6.75. The van der Waals surface area contributed by atoms with Crippen LogP contribution in [0, 0.1) is 0 Å². The Bertz CT molecular complexity index is 506. The summed E-state index contributed by atoms with van der Waals surface area (Å²) >= 11 is 1.77. The Morgan fingerprint density at radius 2 is 1.84 bits per heavy atom. The maximum Gasteiger partial charge on any atom is 0.183 e. The number of methoxy groups -OCH3 is 2. The third-order valence-corrected chi connectivity index (χ3v) is 3.78. The Morgan fingerprint density at radius 3 is 2.37 bits per heavy atom. The molecule has 0 aliphatic carbocycles. The molecule has 0 saturated carbocycles. The van der Waals surface area contributed by atoms with Crippen LogP contribution in [0.1, 0.15) is 17.5 Å². The van der Waals surface area contributed by atoms with Crippen LogP contribution in [0.3, 0.4) is 0 Å². The SMILES string of the molecule is COC(OC)c1ccc(SCc2ccn(C)n2)cc1. The normalized spacial score (nSPS) is 11.2. The number of thioether (sulfide) groups is 1. The first-order valence-electron chi connectivity index (χ1n) is 6.00. The molecule has 102 valence electrons. The lowest BCUT2D eigenvalue weighted by molar-refractivity contribution is -0.106. The van der Waals surface area contributed by atoms with Crippen molar-refractivity contribution in [2.24, 2.45) is 7.05 Å². The smallest absolute Gasteiger partial charge is 0.183 e. The number of hydrogen-bond acceptors (Lipinski definition) is 4. The first-order chi connectivity index (χ1) is 9.22. The number of hydrogen-bond donors (Lipinski definition) is 0. The van der Waals surface area contributed by atoms with Crippen molar-refractivity contribution in [1.29, 1.82) is 0 Å². The van der Waals surface area contributed by atoms with Crippen LogP contribution in [-0.4, -0.2) is 24.0 Å². The van der Waals surface area contributed by atoms with Crippen LogP contribution >= 0.6 is 11.8 Å². The largest absolute Gasteiger partial charge is 0.352 e. The molecule has 0 atom stereocenters. The van der Waals surface area contributed by atoms with E-state index in [1.807, 2.05) is 36.1 Å². The van der Waals surface area contributed by atoms with Crippen molar-refractivity contribution in [1.82, 2.24) is 9.78 Å². The molecule has 0 unspecified atom stereocenters. The summed E-state index contributed by atoms with van der Waals surface area (Å²) in [7, 11) is 5.20. The Balaban J connectivity index is 1.95. The van der Waals surface area contributed by atoms with Gasteiger partial charge in [0, 0.05) is 43.7 Å². The molecule has 0 radical (unpaired) electrons. The van der Waals surface area contributed by atoms with Crippen LogP contribution in [0.15, 0.2) is 41.4 Å². The van der Waals surface area contributed by atoms with E-state index in [0.29, 0.717) is 0 Å². The summed E-state index contributed by atoms with van der Waals surface area (Å²) in [6.45, 7) is 0. The number of aromatic nitrogens is 2. The number of benzene rings is 1. The summed E-state index contributed by atoms with van der Waals surface area (Å²) in [4.78, 5) is 1.21. The summed E-state index contributed by atoms with van der Waals surface area (Å²) in [5, 5.41) is 4.35. The highest BCUT2D eigenvalue weighted by Crippen LogP contribution is 2.25. The molecule has 0 N–H and O–H groups in total. The molecule has 0 amide bonds. The predicted octanol–water partition coefficient (Wildman–Crippen LogP) is 3.00. The van der Waals surface area contributed by atoms with Crippen LogP contribution < -0.4 is 0 Å². The third-order valence-electron chi connectivity index (χ3n) is 2.74. The fraction of sp³-hybridized carbons (Fsp3) is 0.357. The fourth-order valence-corrected chi connectivity index (χ4v) is 2.58. The molecule has 2 aromatic rings. The van der Waals surface area contributed by atoms with Crippen molar-refractivity contribution >= 4 is 11.8 Å². The Labute approximate surface area is 117 Å². The van der Waals surface area contributed by atoms with Crippen molar-refractivity contribution in [3.8, 4) is 0 Å². The molecule has 0 spiro atoms. The summed E-state index contributed by atoms with van der Waals surface area (Å²) in [6.07, 6.45) is 1.66. The maximum atomic E-state index is 5.22. The lowest BCUT2D eigenvalue weighted by atomic mass is 10.2. The monoisotopic (exact) mass is 278 g/mol. The summed E-state index contributed by atoms with van der Waals surface area (Å²) < 4.78 is 12.3. The second-order valence-electron chi connectivity index (χ2n) is 4.14. The van der Waals surface area contributed by atoms with Gasteiger partial charge < -0.3 is 9.47 Å². The minimum Gasteiger partial charge on any atom is -0.352 e. The summed E-state index contributed by atoms with van der Waals surface area (Å²) in [6, 6.07) is 10.2. The van der Waals surface area contributed by atoms with Gasteiger partial charge in [0.25, 0.3) is 0 Å². The van der Waals surface area contributed by atoms with Crippen LogP contribution in [0.5, 0.6) is 0 Å². The second-order valence-corrected chi connectivity index (χ2v) is 5.19. The van der Waals surface area contributed by atoms with Crippen molar-refractivity contribution < 1.29 is 9.47 Å². The molecule has 0 aliphatic heterocycles. The van der Waals surface area contributed by atoms with Crippen LogP contribution in [0.2, 0.25) is 0 Å². The average Bonchev–Trinajstić information content (AvgIpc) is 2.85. The average molecular weight is 278 g/mol. The van der Waals surface area contributed by atoms with Crippen molar-refractivity contribution in [2.45, 2.75) is 16.9 Å². The van der Waals surface area contributed by atoms with Gasteiger partial charge in [-0.3, -0.25) is 4.68 Å².